The van der Waals surface area contributed by atoms with Crippen molar-refractivity contribution in [2.45, 2.75) is 6.54 Å². The van der Waals surface area contributed by atoms with Crippen molar-refractivity contribution in [1.29, 1.82) is 0 Å². The molecule has 0 spiro atoms. The van der Waals surface area contributed by atoms with E-state index in [2.05, 4.69) is 0 Å². The maximum absolute atomic E-state index is 11.4. The van der Waals surface area contributed by atoms with Crippen LogP contribution in [-0.2, 0) is 16.6 Å². The van der Waals surface area contributed by atoms with Crippen molar-refractivity contribution < 1.29 is 8.42 Å². The number of benzene rings is 1. The molecule has 1 aromatic carbocycles. The lowest BCUT2D eigenvalue weighted by Gasteiger charge is -2.18. The van der Waals surface area contributed by atoms with E-state index in [0.717, 1.165) is 5.56 Å². The van der Waals surface area contributed by atoms with Crippen LogP contribution in [0.15, 0.2) is 30.3 Å². The molecule has 0 aliphatic rings. The molecular weight excluding hydrogens is 248 g/mol. The predicted octanol–water partition coefficient (Wildman–Crippen LogP) is 0.829. The molecule has 0 aromatic heterocycles. The minimum atomic E-state index is -3.17. The molecule has 0 atom stereocenters. The zero-order valence-corrected chi connectivity index (χ0v) is 10.8. The van der Waals surface area contributed by atoms with Crippen LogP contribution in [0, 0.1) is 0 Å². The van der Waals surface area contributed by atoms with Gasteiger partial charge in [-0.2, -0.15) is 4.31 Å². The van der Waals surface area contributed by atoms with Crippen molar-refractivity contribution in [3.8, 4) is 0 Å². The van der Waals surface area contributed by atoms with Gasteiger partial charge in [0.25, 0.3) is 0 Å². The SMILES string of the molecule is CS(=O)(=O)N(CCN)Cc1ccccc1.Cl. The van der Waals surface area contributed by atoms with Crippen LogP contribution in [-0.4, -0.2) is 32.1 Å². The van der Waals surface area contributed by atoms with E-state index in [0.29, 0.717) is 19.6 Å². The number of rotatable bonds is 5. The van der Waals surface area contributed by atoms with Gasteiger partial charge in [0.1, 0.15) is 0 Å². The molecule has 0 radical (unpaired) electrons. The molecule has 0 aliphatic carbocycles. The summed E-state index contributed by atoms with van der Waals surface area (Å²) in [6, 6.07) is 9.47. The largest absolute Gasteiger partial charge is 0.329 e. The minimum Gasteiger partial charge on any atom is -0.329 e. The molecule has 0 fully saturated rings. The smallest absolute Gasteiger partial charge is 0.211 e. The molecule has 0 unspecified atom stereocenters. The number of hydrogen-bond donors (Lipinski definition) is 1. The first-order valence-corrected chi connectivity index (χ1v) is 6.58. The highest BCUT2D eigenvalue weighted by atomic mass is 35.5. The van der Waals surface area contributed by atoms with Gasteiger partial charge in [0.2, 0.25) is 10.0 Å². The summed E-state index contributed by atoms with van der Waals surface area (Å²) in [5.41, 5.74) is 6.34. The molecule has 92 valence electrons. The Kier molecular flexibility index (Phi) is 6.59. The fraction of sp³-hybridized carbons (Fsp3) is 0.400. The van der Waals surface area contributed by atoms with Gasteiger partial charge in [0.15, 0.2) is 0 Å². The molecule has 0 bridgehead atoms. The van der Waals surface area contributed by atoms with Crippen molar-refractivity contribution in [3.05, 3.63) is 35.9 Å². The summed E-state index contributed by atoms with van der Waals surface area (Å²) in [5, 5.41) is 0. The van der Waals surface area contributed by atoms with Gasteiger partial charge in [-0.25, -0.2) is 8.42 Å². The maximum atomic E-state index is 11.4. The van der Waals surface area contributed by atoms with E-state index in [-0.39, 0.29) is 12.4 Å². The van der Waals surface area contributed by atoms with E-state index in [4.69, 9.17) is 5.73 Å². The van der Waals surface area contributed by atoms with Crippen molar-refractivity contribution in [2.24, 2.45) is 5.73 Å². The van der Waals surface area contributed by atoms with E-state index in [1.54, 1.807) is 0 Å². The van der Waals surface area contributed by atoms with Gasteiger partial charge in [-0.3, -0.25) is 0 Å². The van der Waals surface area contributed by atoms with Gasteiger partial charge in [-0.05, 0) is 5.56 Å². The minimum absolute atomic E-state index is 0. The second-order valence-electron chi connectivity index (χ2n) is 3.37. The van der Waals surface area contributed by atoms with Crippen LogP contribution in [0.2, 0.25) is 0 Å². The van der Waals surface area contributed by atoms with Crippen LogP contribution in [0.25, 0.3) is 0 Å². The Hall–Kier alpha value is -0.620. The first-order valence-electron chi connectivity index (χ1n) is 4.73. The Morgan fingerprint density at radius 2 is 1.81 bits per heavy atom. The summed E-state index contributed by atoms with van der Waals surface area (Å²) < 4.78 is 24.2. The number of nitrogens with zero attached hydrogens (tertiary/aromatic N) is 1. The summed E-state index contributed by atoms with van der Waals surface area (Å²) in [5.74, 6) is 0. The topological polar surface area (TPSA) is 63.4 Å². The lowest BCUT2D eigenvalue weighted by Crippen LogP contribution is -2.33. The second kappa shape index (κ2) is 6.85. The molecule has 16 heavy (non-hydrogen) atoms. The zero-order chi connectivity index (χ0) is 11.3. The van der Waals surface area contributed by atoms with Crippen LogP contribution in [0.3, 0.4) is 0 Å². The molecule has 0 amide bonds. The Labute approximate surface area is 103 Å². The molecule has 4 nitrogen and oxygen atoms in total. The van der Waals surface area contributed by atoms with Gasteiger partial charge in [0.05, 0.1) is 6.26 Å². The normalized spacial score (nSPS) is 11.2. The second-order valence-corrected chi connectivity index (χ2v) is 5.35. The van der Waals surface area contributed by atoms with Crippen LogP contribution in [0.4, 0.5) is 0 Å². The van der Waals surface area contributed by atoms with Crippen LogP contribution < -0.4 is 5.73 Å². The van der Waals surface area contributed by atoms with Gasteiger partial charge in [0, 0.05) is 19.6 Å². The third-order valence-electron chi connectivity index (χ3n) is 2.05. The van der Waals surface area contributed by atoms with Gasteiger partial charge < -0.3 is 5.73 Å². The highest BCUT2D eigenvalue weighted by Gasteiger charge is 2.15. The molecule has 6 heteroatoms. The van der Waals surface area contributed by atoms with E-state index >= 15 is 0 Å². The fourth-order valence-corrected chi connectivity index (χ4v) is 2.11. The van der Waals surface area contributed by atoms with Crippen LogP contribution in [0.5, 0.6) is 0 Å². The number of sulfonamides is 1. The van der Waals surface area contributed by atoms with E-state index in [9.17, 15) is 8.42 Å². The molecular formula is C10H17ClN2O2S. The monoisotopic (exact) mass is 264 g/mol. The van der Waals surface area contributed by atoms with Gasteiger partial charge in [-0.15, -0.1) is 12.4 Å². The number of nitrogens with two attached hydrogens (primary N) is 1. The number of halogens is 1. The molecule has 0 saturated carbocycles. The molecule has 1 rings (SSSR count). The lowest BCUT2D eigenvalue weighted by molar-refractivity contribution is 0.418. The zero-order valence-electron chi connectivity index (χ0n) is 9.17. The summed E-state index contributed by atoms with van der Waals surface area (Å²) in [7, 11) is -3.17. The maximum Gasteiger partial charge on any atom is 0.211 e. The highest BCUT2D eigenvalue weighted by molar-refractivity contribution is 7.88. The molecule has 0 heterocycles. The average Bonchev–Trinajstić information content (AvgIpc) is 2.17. The average molecular weight is 265 g/mol. The van der Waals surface area contributed by atoms with Crippen molar-refractivity contribution >= 4 is 22.4 Å². The Balaban J connectivity index is 0.00000225. The molecule has 1 aromatic rings. The molecule has 0 saturated heterocycles. The summed E-state index contributed by atoms with van der Waals surface area (Å²) >= 11 is 0. The summed E-state index contributed by atoms with van der Waals surface area (Å²) in [6.07, 6.45) is 1.20. The molecule has 0 aliphatic heterocycles. The van der Waals surface area contributed by atoms with Crippen molar-refractivity contribution in [1.82, 2.24) is 4.31 Å². The van der Waals surface area contributed by atoms with Crippen LogP contribution in [0.1, 0.15) is 5.56 Å². The Morgan fingerprint density at radius 1 is 1.25 bits per heavy atom. The first kappa shape index (κ1) is 15.4. The number of hydrogen-bond acceptors (Lipinski definition) is 3. The highest BCUT2D eigenvalue weighted by Crippen LogP contribution is 2.07. The lowest BCUT2D eigenvalue weighted by atomic mass is 10.2. The fourth-order valence-electron chi connectivity index (χ4n) is 1.29. The summed E-state index contributed by atoms with van der Waals surface area (Å²) in [4.78, 5) is 0. The Morgan fingerprint density at radius 3 is 2.25 bits per heavy atom. The summed E-state index contributed by atoms with van der Waals surface area (Å²) in [6.45, 7) is 1.07. The van der Waals surface area contributed by atoms with Gasteiger partial charge in [-0.1, -0.05) is 30.3 Å². The predicted molar refractivity (Wildman–Crippen MR) is 68.0 cm³/mol. The van der Waals surface area contributed by atoms with Crippen LogP contribution >= 0.6 is 12.4 Å². The Bertz CT molecular complexity index is 395. The van der Waals surface area contributed by atoms with Gasteiger partial charge >= 0.3 is 0 Å². The third kappa shape index (κ3) is 4.94. The van der Waals surface area contributed by atoms with Crippen molar-refractivity contribution in [3.63, 3.8) is 0 Å². The standard InChI is InChI=1S/C10H16N2O2S.ClH/c1-15(13,14)12(8-7-11)9-10-5-3-2-4-6-10;/h2-6H,7-9,11H2,1H3;1H. The first-order chi connectivity index (χ1) is 7.04. The van der Waals surface area contributed by atoms with E-state index < -0.39 is 10.0 Å². The quantitative estimate of drug-likeness (QED) is 0.857. The van der Waals surface area contributed by atoms with E-state index in [1.807, 2.05) is 30.3 Å². The molecule has 2 N–H and O–H groups in total. The van der Waals surface area contributed by atoms with Crippen molar-refractivity contribution in [2.75, 3.05) is 19.3 Å². The third-order valence-corrected chi connectivity index (χ3v) is 3.30. The van der Waals surface area contributed by atoms with E-state index in [1.165, 1.54) is 10.6 Å².